The first-order chi connectivity index (χ1) is 14.7. The van der Waals surface area contributed by atoms with Gasteiger partial charge in [-0.05, 0) is 54.6 Å². The van der Waals surface area contributed by atoms with Crippen LogP contribution in [0.4, 0.5) is 0 Å². The SMILES string of the molecule is COc1ccc(-c2ncc3c([nH]c4ccccc43)c2C(=O)c2ccc(Cl)cc2)cc1. The molecule has 2 heterocycles. The Bertz CT molecular complexity index is 1390. The Kier molecular flexibility index (Phi) is 4.49. The monoisotopic (exact) mass is 412 g/mol. The molecule has 5 rings (SSSR count). The molecule has 2 aromatic heterocycles. The number of ketones is 1. The zero-order valence-corrected chi connectivity index (χ0v) is 16.9. The summed E-state index contributed by atoms with van der Waals surface area (Å²) in [4.78, 5) is 21.8. The molecule has 0 fully saturated rings. The van der Waals surface area contributed by atoms with Gasteiger partial charge in [0, 0.05) is 38.6 Å². The van der Waals surface area contributed by atoms with Gasteiger partial charge in [-0.25, -0.2) is 0 Å². The van der Waals surface area contributed by atoms with Crippen LogP contribution in [-0.4, -0.2) is 22.9 Å². The van der Waals surface area contributed by atoms with Gasteiger partial charge in [0.1, 0.15) is 5.75 Å². The molecule has 0 aliphatic carbocycles. The quantitative estimate of drug-likeness (QED) is 0.353. The molecule has 0 amide bonds. The van der Waals surface area contributed by atoms with Gasteiger partial charge < -0.3 is 9.72 Å². The predicted molar refractivity (Wildman–Crippen MR) is 120 cm³/mol. The number of nitrogens with one attached hydrogen (secondary N) is 1. The molecule has 0 radical (unpaired) electrons. The number of fused-ring (bicyclic) bond motifs is 3. The fourth-order valence-corrected chi connectivity index (χ4v) is 3.87. The lowest BCUT2D eigenvalue weighted by atomic mass is 9.96. The first kappa shape index (κ1) is 18.4. The van der Waals surface area contributed by atoms with E-state index in [1.54, 1.807) is 31.4 Å². The van der Waals surface area contributed by atoms with Crippen LogP contribution in [0.5, 0.6) is 5.75 Å². The number of methoxy groups -OCH3 is 1. The molecule has 30 heavy (non-hydrogen) atoms. The zero-order valence-electron chi connectivity index (χ0n) is 16.1. The smallest absolute Gasteiger partial charge is 0.197 e. The summed E-state index contributed by atoms with van der Waals surface area (Å²) in [5.41, 5.74) is 4.30. The molecule has 0 spiro atoms. The number of benzene rings is 3. The Labute approximate surface area is 178 Å². The molecule has 0 aliphatic rings. The van der Waals surface area contributed by atoms with Crippen LogP contribution in [-0.2, 0) is 0 Å². The van der Waals surface area contributed by atoms with Crippen molar-refractivity contribution in [2.45, 2.75) is 0 Å². The summed E-state index contributed by atoms with van der Waals surface area (Å²) < 4.78 is 5.27. The van der Waals surface area contributed by atoms with Crippen LogP contribution in [0, 0.1) is 0 Å². The minimum Gasteiger partial charge on any atom is -0.497 e. The number of halogens is 1. The molecular formula is C25H17ClN2O2. The fraction of sp³-hybridized carbons (Fsp3) is 0.0400. The standard InChI is InChI=1S/C25H17ClN2O2/c1-30-18-12-8-15(9-13-18)23-22(25(29)16-6-10-17(26)11-7-16)24-20(14-27-23)19-4-2-3-5-21(19)28-24/h2-14,28H,1H3. The van der Waals surface area contributed by atoms with E-state index in [-0.39, 0.29) is 5.78 Å². The molecule has 0 atom stereocenters. The van der Waals surface area contributed by atoms with Gasteiger partial charge in [-0.15, -0.1) is 0 Å². The largest absolute Gasteiger partial charge is 0.497 e. The van der Waals surface area contributed by atoms with Gasteiger partial charge in [-0.1, -0.05) is 29.8 Å². The number of ether oxygens (including phenoxy) is 1. The normalized spacial score (nSPS) is 11.1. The van der Waals surface area contributed by atoms with Crippen molar-refractivity contribution < 1.29 is 9.53 Å². The van der Waals surface area contributed by atoms with Crippen LogP contribution in [0.15, 0.2) is 79.0 Å². The number of rotatable bonds is 4. The topological polar surface area (TPSA) is 55.0 Å². The number of pyridine rings is 1. The number of aromatic amines is 1. The Morgan fingerprint density at radius 1 is 0.933 bits per heavy atom. The summed E-state index contributed by atoms with van der Waals surface area (Å²) in [7, 11) is 1.62. The third-order valence-electron chi connectivity index (χ3n) is 5.25. The molecule has 0 unspecified atom stereocenters. The lowest BCUT2D eigenvalue weighted by Gasteiger charge is -2.11. The van der Waals surface area contributed by atoms with Gasteiger partial charge >= 0.3 is 0 Å². The van der Waals surface area contributed by atoms with Crippen molar-refractivity contribution in [1.29, 1.82) is 0 Å². The van der Waals surface area contributed by atoms with E-state index in [0.29, 0.717) is 21.8 Å². The number of carbonyl (C=O) groups excluding carboxylic acids is 1. The minimum atomic E-state index is -0.109. The number of carbonyl (C=O) groups is 1. The van der Waals surface area contributed by atoms with E-state index in [9.17, 15) is 4.79 Å². The summed E-state index contributed by atoms with van der Waals surface area (Å²) >= 11 is 6.02. The molecule has 4 nitrogen and oxygen atoms in total. The van der Waals surface area contributed by atoms with E-state index < -0.39 is 0 Å². The maximum Gasteiger partial charge on any atom is 0.197 e. The van der Waals surface area contributed by atoms with Crippen LogP contribution in [0.3, 0.4) is 0 Å². The van der Waals surface area contributed by atoms with Gasteiger partial charge in [0.25, 0.3) is 0 Å². The number of hydrogen-bond acceptors (Lipinski definition) is 3. The maximum atomic E-state index is 13.6. The van der Waals surface area contributed by atoms with Gasteiger partial charge in [0.05, 0.1) is 23.9 Å². The predicted octanol–water partition coefficient (Wildman–Crippen LogP) is 6.28. The molecule has 5 heteroatoms. The molecule has 1 N–H and O–H groups in total. The Morgan fingerprint density at radius 2 is 1.67 bits per heavy atom. The number of hydrogen-bond donors (Lipinski definition) is 1. The lowest BCUT2D eigenvalue weighted by molar-refractivity contribution is 0.104. The zero-order chi connectivity index (χ0) is 20.7. The molecule has 0 bridgehead atoms. The van der Waals surface area contributed by atoms with Gasteiger partial charge in [-0.2, -0.15) is 0 Å². The highest BCUT2D eigenvalue weighted by Gasteiger charge is 2.22. The molecule has 5 aromatic rings. The van der Waals surface area contributed by atoms with Crippen LogP contribution < -0.4 is 4.74 Å². The maximum absolute atomic E-state index is 13.6. The van der Waals surface area contributed by atoms with Crippen molar-refractivity contribution in [1.82, 2.24) is 9.97 Å². The second-order valence-electron chi connectivity index (χ2n) is 7.01. The van der Waals surface area contributed by atoms with Crippen molar-refractivity contribution >= 4 is 39.2 Å². The Morgan fingerprint density at radius 3 is 2.40 bits per heavy atom. The number of nitrogens with zero attached hydrogens (tertiary/aromatic N) is 1. The minimum absolute atomic E-state index is 0.109. The molecule has 0 saturated carbocycles. The van der Waals surface area contributed by atoms with Gasteiger partial charge in [-0.3, -0.25) is 9.78 Å². The highest BCUT2D eigenvalue weighted by Crippen LogP contribution is 2.34. The van der Waals surface area contributed by atoms with Crippen molar-refractivity contribution in [3.8, 4) is 17.0 Å². The second-order valence-corrected chi connectivity index (χ2v) is 7.44. The summed E-state index contributed by atoms with van der Waals surface area (Å²) in [5, 5.41) is 2.54. The Balaban J connectivity index is 1.80. The first-order valence-corrected chi connectivity index (χ1v) is 9.87. The summed E-state index contributed by atoms with van der Waals surface area (Å²) in [6, 6.07) is 22.5. The first-order valence-electron chi connectivity index (χ1n) is 9.50. The summed E-state index contributed by atoms with van der Waals surface area (Å²) in [6.45, 7) is 0. The van der Waals surface area contributed by atoms with Crippen LogP contribution in [0.1, 0.15) is 15.9 Å². The molecule has 0 aliphatic heterocycles. The fourth-order valence-electron chi connectivity index (χ4n) is 3.74. The Hall–Kier alpha value is -3.63. The highest BCUT2D eigenvalue weighted by molar-refractivity contribution is 6.31. The van der Waals surface area contributed by atoms with Crippen LogP contribution >= 0.6 is 11.6 Å². The number of para-hydroxylation sites is 1. The lowest BCUT2D eigenvalue weighted by Crippen LogP contribution is -2.06. The third kappa shape index (κ3) is 3.02. The van der Waals surface area contributed by atoms with E-state index in [1.165, 1.54) is 0 Å². The van der Waals surface area contributed by atoms with Crippen molar-refractivity contribution in [3.05, 3.63) is 95.1 Å². The number of H-pyrrole nitrogens is 1. The van der Waals surface area contributed by atoms with E-state index in [4.69, 9.17) is 21.3 Å². The highest BCUT2D eigenvalue weighted by atomic mass is 35.5. The molecular weight excluding hydrogens is 396 g/mol. The average Bonchev–Trinajstić information content (AvgIpc) is 3.17. The second kappa shape index (κ2) is 7.32. The van der Waals surface area contributed by atoms with E-state index in [2.05, 4.69) is 4.98 Å². The molecule has 146 valence electrons. The molecule has 3 aromatic carbocycles. The van der Waals surface area contributed by atoms with Gasteiger partial charge in [0.15, 0.2) is 5.78 Å². The number of aromatic nitrogens is 2. The summed E-state index contributed by atoms with van der Waals surface area (Å²) in [6.07, 6.45) is 1.83. The summed E-state index contributed by atoms with van der Waals surface area (Å²) in [5.74, 6) is 0.637. The third-order valence-corrected chi connectivity index (χ3v) is 5.50. The van der Waals surface area contributed by atoms with Crippen molar-refractivity contribution in [2.24, 2.45) is 0 Å². The van der Waals surface area contributed by atoms with E-state index >= 15 is 0 Å². The van der Waals surface area contributed by atoms with Crippen LogP contribution in [0.25, 0.3) is 33.1 Å². The molecule has 0 saturated heterocycles. The average molecular weight is 413 g/mol. The van der Waals surface area contributed by atoms with Crippen molar-refractivity contribution in [3.63, 3.8) is 0 Å². The van der Waals surface area contributed by atoms with E-state index in [1.807, 2.05) is 54.7 Å². The van der Waals surface area contributed by atoms with Gasteiger partial charge in [0.2, 0.25) is 0 Å². The van der Waals surface area contributed by atoms with E-state index in [0.717, 1.165) is 33.1 Å². The van der Waals surface area contributed by atoms with Crippen molar-refractivity contribution in [2.75, 3.05) is 7.11 Å². The van der Waals surface area contributed by atoms with Crippen LogP contribution in [0.2, 0.25) is 5.02 Å².